The fraction of sp³-hybridized carbons (Fsp3) is 0.500. The van der Waals surface area contributed by atoms with Crippen LogP contribution in [0.15, 0.2) is 36.7 Å². The van der Waals surface area contributed by atoms with Gasteiger partial charge in [-0.3, -0.25) is 9.48 Å². The monoisotopic (exact) mass is 327 g/mol. The molecule has 0 unspecified atom stereocenters. The minimum Gasteiger partial charge on any atom is -0.355 e. The van der Waals surface area contributed by atoms with Crippen molar-refractivity contribution < 1.29 is 4.79 Å². The van der Waals surface area contributed by atoms with Crippen LogP contribution in [-0.2, 0) is 11.3 Å². The van der Waals surface area contributed by atoms with Crippen LogP contribution in [0.2, 0.25) is 0 Å². The maximum Gasteiger partial charge on any atom is 0.224 e. The first-order valence-corrected chi connectivity index (χ1v) is 8.55. The molecule has 0 N–H and O–H groups in total. The van der Waals surface area contributed by atoms with Gasteiger partial charge in [-0.2, -0.15) is 5.10 Å². The molecule has 1 saturated heterocycles. The van der Waals surface area contributed by atoms with Crippen LogP contribution in [0.25, 0.3) is 0 Å². The topological polar surface area (TPSA) is 54.3 Å². The number of likely N-dealkylation sites (N-methyl/N-ethyl adjacent to an activating group) is 1. The molecular weight excluding hydrogens is 302 g/mol. The number of aromatic nitrogens is 3. The molecule has 3 rings (SSSR count). The number of carbonyl (C=O) groups is 1. The Morgan fingerprint density at radius 1 is 1.33 bits per heavy atom. The Kier molecular flexibility index (Phi) is 5.13. The second kappa shape index (κ2) is 7.47. The van der Waals surface area contributed by atoms with Gasteiger partial charge in [0.2, 0.25) is 5.91 Å². The normalized spacial score (nSPS) is 17.8. The molecule has 0 aromatic carbocycles. The summed E-state index contributed by atoms with van der Waals surface area (Å²) >= 11 is 0. The summed E-state index contributed by atoms with van der Waals surface area (Å²) in [5.74, 6) is 1.17. The zero-order valence-electron chi connectivity index (χ0n) is 14.4. The van der Waals surface area contributed by atoms with Gasteiger partial charge in [-0.25, -0.2) is 4.98 Å². The molecule has 0 radical (unpaired) electrons. The highest BCUT2D eigenvalue weighted by Gasteiger charge is 2.26. The lowest BCUT2D eigenvalue weighted by Crippen LogP contribution is -2.49. The lowest BCUT2D eigenvalue weighted by atomic mass is 10.0. The molecule has 6 heteroatoms. The fourth-order valence-electron chi connectivity index (χ4n) is 3.23. The highest BCUT2D eigenvalue weighted by atomic mass is 16.2. The van der Waals surface area contributed by atoms with Gasteiger partial charge in [0.25, 0.3) is 0 Å². The Morgan fingerprint density at radius 3 is 2.92 bits per heavy atom. The summed E-state index contributed by atoms with van der Waals surface area (Å²) < 4.78 is 1.88. The van der Waals surface area contributed by atoms with E-state index in [4.69, 9.17) is 0 Å². The quantitative estimate of drug-likeness (QED) is 0.844. The van der Waals surface area contributed by atoms with Crippen LogP contribution in [0.3, 0.4) is 0 Å². The van der Waals surface area contributed by atoms with Gasteiger partial charge < -0.3 is 9.80 Å². The third kappa shape index (κ3) is 3.75. The number of amides is 1. The van der Waals surface area contributed by atoms with E-state index in [9.17, 15) is 4.79 Å². The summed E-state index contributed by atoms with van der Waals surface area (Å²) in [6.45, 7) is 4.49. The molecule has 1 fully saturated rings. The Hall–Kier alpha value is -2.37. The Morgan fingerprint density at radius 2 is 2.21 bits per heavy atom. The van der Waals surface area contributed by atoms with Gasteiger partial charge in [-0.15, -0.1) is 0 Å². The van der Waals surface area contributed by atoms with E-state index in [1.165, 1.54) is 0 Å². The average molecular weight is 327 g/mol. The molecule has 0 aliphatic carbocycles. The molecule has 0 bridgehead atoms. The lowest BCUT2D eigenvalue weighted by Gasteiger charge is -2.38. The third-order valence-electron chi connectivity index (χ3n) is 4.78. The molecule has 2 aromatic heterocycles. The maximum absolute atomic E-state index is 12.5. The van der Waals surface area contributed by atoms with Gasteiger partial charge in [0.15, 0.2) is 0 Å². The van der Waals surface area contributed by atoms with Gasteiger partial charge in [0.1, 0.15) is 5.82 Å². The molecule has 2 aromatic rings. The van der Waals surface area contributed by atoms with E-state index in [0.717, 1.165) is 37.4 Å². The van der Waals surface area contributed by atoms with E-state index >= 15 is 0 Å². The molecule has 1 aliphatic heterocycles. The fourth-order valence-corrected chi connectivity index (χ4v) is 3.23. The van der Waals surface area contributed by atoms with Crippen LogP contribution in [0.4, 0.5) is 5.82 Å². The van der Waals surface area contributed by atoms with Crippen molar-refractivity contribution in [3.05, 3.63) is 42.4 Å². The van der Waals surface area contributed by atoms with Gasteiger partial charge in [-0.1, -0.05) is 6.07 Å². The van der Waals surface area contributed by atoms with Crippen molar-refractivity contribution in [2.75, 3.05) is 25.0 Å². The number of pyridine rings is 1. The van der Waals surface area contributed by atoms with Gasteiger partial charge in [0, 0.05) is 57.2 Å². The zero-order chi connectivity index (χ0) is 16.9. The number of aryl methyl sites for hydroxylation is 2. The SMILES string of the molecule is Cc1ccnn1CCC(=O)N(C)[C@@H]1CCCN(c2ccccn2)C1. The molecular formula is C18H25N5O. The highest BCUT2D eigenvalue weighted by Crippen LogP contribution is 2.20. The summed E-state index contributed by atoms with van der Waals surface area (Å²) in [7, 11) is 1.92. The van der Waals surface area contributed by atoms with Crippen molar-refractivity contribution in [2.45, 2.75) is 38.8 Å². The predicted molar refractivity (Wildman–Crippen MR) is 93.8 cm³/mol. The van der Waals surface area contributed by atoms with Crippen LogP contribution in [0, 0.1) is 6.92 Å². The van der Waals surface area contributed by atoms with Crippen LogP contribution < -0.4 is 4.90 Å². The van der Waals surface area contributed by atoms with Crippen LogP contribution in [0.5, 0.6) is 0 Å². The predicted octanol–water partition coefficient (Wildman–Crippen LogP) is 2.10. The second-order valence-corrected chi connectivity index (χ2v) is 6.38. The number of carbonyl (C=O) groups excluding carboxylic acids is 1. The maximum atomic E-state index is 12.5. The van der Waals surface area contributed by atoms with E-state index in [-0.39, 0.29) is 11.9 Å². The number of hydrogen-bond acceptors (Lipinski definition) is 4. The van der Waals surface area contributed by atoms with Crippen molar-refractivity contribution in [1.82, 2.24) is 19.7 Å². The number of anilines is 1. The third-order valence-corrected chi connectivity index (χ3v) is 4.78. The number of hydrogen-bond donors (Lipinski definition) is 0. The average Bonchev–Trinajstić information content (AvgIpc) is 3.05. The highest BCUT2D eigenvalue weighted by molar-refractivity contribution is 5.76. The van der Waals surface area contributed by atoms with Crippen molar-refractivity contribution >= 4 is 11.7 Å². The minimum atomic E-state index is 0.178. The summed E-state index contributed by atoms with van der Waals surface area (Å²) in [5, 5.41) is 4.24. The molecule has 0 spiro atoms. The van der Waals surface area contributed by atoms with Crippen LogP contribution in [0.1, 0.15) is 25.0 Å². The first-order chi connectivity index (χ1) is 11.6. The molecule has 6 nitrogen and oxygen atoms in total. The molecule has 1 aliphatic rings. The van der Waals surface area contributed by atoms with Crippen molar-refractivity contribution in [3.63, 3.8) is 0 Å². The standard InChI is InChI=1S/C18H25N5O/c1-15-8-11-20-23(15)13-9-18(24)21(2)16-6-5-12-22(14-16)17-7-3-4-10-19-17/h3-4,7-8,10-11,16H,5-6,9,12-14H2,1-2H3/t16-/m1/s1. The summed E-state index contributed by atoms with van der Waals surface area (Å²) in [4.78, 5) is 21.2. The molecule has 3 heterocycles. The number of rotatable bonds is 5. The van der Waals surface area contributed by atoms with E-state index in [1.54, 1.807) is 6.20 Å². The van der Waals surface area contributed by atoms with E-state index in [2.05, 4.69) is 15.0 Å². The first-order valence-electron chi connectivity index (χ1n) is 8.55. The zero-order valence-corrected chi connectivity index (χ0v) is 14.4. The number of piperidine rings is 1. The Labute approximate surface area is 143 Å². The molecule has 128 valence electrons. The largest absolute Gasteiger partial charge is 0.355 e. The minimum absolute atomic E-state index is 0.178. The molecule has 0 saturated carbocycles. The van der Waals surface area contributed by atoms with E-state index < -0.39 is 0 Å². The van der Waals surface area contributed by atoms with E-state index in [0.29, 0.717) is 13.0 Å². The van der Waals surface area contributed by atoms with Crippen molar-refractivity contribution in [1.29, 1.82) is 0 Å². The Balaban J connectivity index is 1.56. The second-order valence-electron chi connectivity index (χ2n) is 6.38. The van der Waals surface area contributed by atoms with Gasteiger partial charge in [0.05, 0.1) is 0 Å². The number of nitrogens with zero attached hydrogens (tertiary/aromatic N) is 5. The summed E-state index contributed by atoms with van der Waals surface area (Å²) in [6, 6.07) is 8.17. The van der Waals surface area contributed by atoms with Crippen LogP contribution in [-0.4, -0.2) is 51.8 Å². The van der Waals surface area contributed by atoms with Gasteiger partial charge in [-0.05, 0) is 38.0 Å². The summed E-state index contributed by atoms with van der Waals surface area (Å²) in [6.07, 6.45) is 6.21. The summed E-state index contributed by atoms with van der Waals surface area (Å²) in [5.41, 5.74) is 1.09. The molecule has 1 amide bonds. The van der Waals surface area contributed by atoms with E-state index in [1.807, 2.05) is 54.0 Å². The van der Waals surface area contributed by atoms with Crippen molar-refractivity contribution in [3.8, 4) is 0 Å². The van der Waals surface area contributed by atoms with Gasteiger partial charge >= 0.3 is 0 Å². The molecule has 24 heavy (non-hydrogen) atoms. The van der Waals surface area contributed by atoms with Crippen LogP contribution >= 0.6 is 0 Å². The molecule has 1 atom stereocenters. The van der Waals surface area contributed by atoms with Crippen molar-refractivity contribution in [2.24, 2.45) is 0 Å². The first kappa shape index (κ1) is 16.5. The Bertz CT molecular complexity index is 669. The lowest BCUT2D eigenvalue weighted by molar-refractivity contribution is -0.132. The smallest absolute Gasteiger partial charge is 0.224 e.